The summed E-state index contributed by atoms with van der Waals surface area (Å²) >= 11 is 0. The molecule has 0 amide bonds. The van der Waals surface area contributed by atoms with Crippen molar-refractivity contribution < 1.29 is 14.3 Å². The predicted octanol–water partition coefficient (Wildman–Crippen LogP) is 2.58. The van der Waals surface area contributed by atoms with E-state index in [2.05, 4.69) is 41.7 Å². The average Bonchev–Trinajstić information content (AvgIpc) is 2.55. The van der Waals surface area contributed by atoms with Crippen LogP contribution in [0.4, 0.5) is 4.79 Å². The molecule has 18 heavy (non-hydrogen) atoms. The molecule has 1 rings (SSSR count). The fourth-order valence-corrected chi connectivity index (χ4v) is 2.28. The van der Waals surface area contributed by atoms with Crippen molar-refractivity contribution in [3.63, 3.8) is 0 Å². The zero-order valence-corrected chi connectivity index (χ0v) is 12.8. The van der Waals surface area contributed by atoms with Crippen LogP contribution in [-0.2, 0) is 11.0 Å². The minimum atomic E-state index is -1.86. The van der Waals surface area contributed by atoms with Gasteiger partial charge in [-0.2, -0.15) is 0 Å². The Morgan fingerprint density at radius 3 is 2.44 bits per heavy atom. The zero-order chi connectivity index (χ0) is 14.1. The van der Waals surface area contributed by atoms with Gasteiger partial charge in [-0.15, -0.1) is 0 Å². The highest BCUT2D eigenvalue weighted by Crippen LogP contribution is 2.37. The van der Waals surface area contributed by atoms with E-state index in [0.717, 1.165) is 0 Å². The summed E-state index contributed by atoms with van der Waals surface area (Å²) < 4.78 is 7.18. The van der Waals surface area contributed by atoms with Crippen molar-refractivity contribution in [1.82, 2.24) is 4.57 Å². The molecular formula is C12H21BNO3Si. The molecule has 0 bridgehead atoms. The van der Waals surface area contributed by atoms with E-state index in [9.17, 15) is 9.90 Å². The maximum absolute atomic E-state index is 11.3. The average molecular weight is 266 g/mol. The third-order valence-electron chi connectivity index (χ3n) is 3.58. The van der Waals surface area contributed by atoms with Crippen LogP contribution in [0.5, 0.6) is 5.88 Å². The Labute approximate surface area is 110 Å². The summed E-state index contributed by atoms with van der Waals surface area (Å²) in [6, 6.07) is 3.17. The number of rotatable bonds is 3. The Morgan fingerprint density at radius 2 is 2.00 bits per heavy atom. The van der Waals surface area contributed by atoms with Crippen LogP contribution in [0, 0.1) is 0 Å². The summed E-state index contributed by atoms with van der Waals surface area (Å²) in [5, 5.41) is 9.66. The fraction of sp³-hybridized carbons (Fsp3) is 0.583. The van der Waals surface area contributed by atoms with Crippen molar-refractivity contribution in [2.45, 2.75) is 45.5 Å². The lowest BCUT2D eigenvalue weighted by atomic mass is 10.1. The van der Waals surface area contributed by atoms with E-state index in [0.29, 0.717) is 12.3 Å². The standard InChI is InChI=1S/C12H21BNO3Si/c1-12(2,3)18(4,5)17-8-9-6-7-10(15)14(9)11(13)16/h6-7,13,15H,8H2,1-5H3. The Hall–Kier alpha value is -1.01. The molecule has 0 saturated heterocycles. The van der Waals surface area contributed by atoms with E-state index >= 15 is 0 Å². The molecule has 0 unspecified atom stereocenters. The quantitative estimate of drug-likeness (QED) is 0.855. The Balaban J connectivity index is 2.85. The molecule has 0 atom stereocenters. The molecular weight excluding hydrogens is 245 g/mol. The van der Waals surface area contributed by atoms with Crippen molar-refractivity contribution in [1.29, 1.82) is 0 Å². The van der Waals surface area contributed by atoms with E-state index in [1.54, 1.807) is 6.07 Å². The summed E-state index contributed by atoms with van der Waals surface area (Å²) in [5.74, 6) is -0.546. The molecule has 0 saturated carbocycles. The molecule has 1 N–H and O–H groups in total. The van der Waals surface area contributed by atoms with E-state index in [4.69, 9.17) is 4.43 Å². The maximum atomic E-state index is 11.3. The highest BCUT2D eigenvalue weighted by atomic mass is 28.4. The summed E-state index contributed by atoms with van der Waals surface area (Å²) in [4.78, 5) is 11.3. The van der Waals surface area contributed by atoms with Gasteiger partial charge in [-0.05, 0) is 24.2 Å². The largest absolute Gasteiger partial charge is 0.494 e. The van der Waals surface area contributed by atoms with Crippen LogP contribution >= 0.6 is 0 Å². The lowest BCUT2D eigenvalue weighted by Gasteiger charge is -2.36. The zero-order valence-electron chi connectivity index (χ0n) is 11.8. The molecule has 1 aromatic rings. The van der Waals surface area contributed by atoms with Crippen molar-refractivity contribution in [2.24, 2.45) is 0 Å². The molecule has 0 aliphatic rings. The molecule has 1 radical (unpaired) electrons. The maximum Gasteiger partial charge on any atom is 0.212 e. The topological polar surface area (TPSA) is 51.5 Å². The number of carbonyl (C=O) groups is 1. The van der Waals surface area contributed by atoms with Gasteiger partial charge in [0, 0.05) is 6.07 Å². The van der Waals surface area contributed by atoms with Gasteiger partial charge in [-0.3, -0.25) is 9.36 Å². The number of hydrogen-bond acceptors (Lipinski definition) is 3. The van der Waals surface area contributed by atoms with Gasteiger partial charge in [-0.25, -0.2) is 0 Å². The van der Waals surface area contributed by atoms with Gasteiger partial charge in [0.15, 0.2) is 20.0 Å². The van der Waals surface area contributed by atoms with Crippen molar-refractivity contribution in [3.8, 4) is 5.88 Å². The summed E-state index contributed by atoms with van der Waals surface area (Å²) in [5.41, 5.74) is 0.636. The van der Waals surface area contributed by atoms with Crippen LogP contribution in [0.3, 0.4) is 0 Å². The van der Waals surface area contributed by atoms with E-state index in [-0.39, 0.29) is 10.9 Å². The van der Waals surface area contributed by atoms with E-state index in [1.165, 1.54) is 10.6 Å². The third-order valence-corrected chi connectivity index (χ3v) is 8.06. The second-order valence-electron chi connectivity index (χ2n) is 5.96. The van der Waals surface area contributed by atoms with Crippen LogP contribution in [0.25, 0.3) is 0 Å². The van der Waals surface area contributed by atoms with Crippen LogP contribution in [0.2, 0.25) is 18.1 Å². The Kier molecular flexibility index (Phi) is 4.13. The highest BCUT2D eigenvalue weighted by Gasteiger charge is 2.37. The van der Waals surface area contributed by atoms with Gasteiger partial charge < -0.3 is 9.53 Å². The molecule has 0 aliphatic heterocycles. The van der Waals surface area contributed by atoms with Crippen LogP contribution in [0.1, 0.15) is 26.5 Å². The fourth-order valence-electron chi connectivity index (χ4n) is 1.34. The minimum Gasteiger partial charge on any atom is -0.494 e. The molecule has 0 aliphatic carbocycles. The smallest absolute Gasteiger partial charge is 0.212 e. The first-order chi connectivity index (χ1) is 8.06. The second-order valence-corrected chi connectivity index (χ2v) is 10.8. The lowest BCUT2D eigenvalue weighted by Crippen LogP contribution is -2.40. The first-order valence-electron chi connectivity index (χ1n) is 5.96. The summed E-state index contributed by atoms with van der Waals surface area (Å²) in [7, 11) is 1.45. The number of hydrogen-bond donors (Lipinski definition) is 1. The molecule has 1 heterocycles. The van der Waals surface area contributed by atoms with E-state index in [1.807, 2.05) is 0 Å². The van der Waals surface area contributed by atoms with Gasteiger partial charge in [-0.1, -0.05) is 20.8 Å². The Morgan fingerprint density at radius 1 is 1.44 bits per heavy atom. The SMILES string of the molecule is [BH]C(=O)n1c(O)ccc1CO[Si](C)(C)C(C)(C)C. The minimum absolute atomic E-state index is 0.0937. The highest BCUT2D eigenvalue weighted by molar-refractivity contribution is 6.74. The molecule has 0 aromatic carbocycles. The molecule has 0 spiro atoms. The van der Waals surface area contributed by atoms with Gasteiger partial charge in [0.2, 0.25) is 7.85 Å². The number of aromatic hydroxyl groups is 1. The van der Waals surface area contributed by atoms with Crippen molar-refractivity contribution in [2.75, 3.05) is 0 Å². The van der Waals surface area contributed by atoms with Gasteiger partial charge >= 0.3 is 0 Å². The van der Waals surface area contributed by atoms with E-state index < -0.39 is 14.1 Å². The molecule has 4 nitrogen and oxygen atoms in total. The summed E-state index contributed by atoms with van der Waals surface area (Å²) in [6.45, 7) is 11.1. The molecule has 6 heteroatoms. The third kappa shape index (κ3) is 3.06. The second kappa shape index (κ2) is 4.93. The van der Waals surface area contributed by atoms with Crippen molar-refractivity contribution >= 4 is 22.0 Å². The van der Waals surface area contributed by atoms with Crippen LogP contribution < -0.4 is 0 Å². The van der Waals surface area contributed by atoms with Gasteiger partial charge in [0.25, 0.3) is 0 Å². The molecule has 99 valence electrons. The number of aromatic nitrogens is 1. The number of nitrogens with zero attached hydrogens (tertiary/aromatic N) is 1. The normalized spacial score (nSPS) is 12.7. The van der Waals surface area contributed by atoms with Gasteiger partial charge in [0.05, 0.1) is 12.3 Å². The van der Waals surface area contributed by atoms with Crippen molar-refractivity contribution in [3.05, 3.63) is 17.8 Å². The number of carbonyl (C=O) groups excluding carboxylic acids is 1. The van der Waals surface area contributed by atoms with Crippen LogP contribution in [0.15, 0.2) is 12.1 Å². The molecule has 1 aromatic heterocycles. The molecule has 0 fully saturated rings. The Bertz CT molecular complexity index is 449. The van der Waals surface area contributed by atoms with Gasteiger partial charge in [0.1, 0.15) is 0 Å². The summed E-state index contributed by atoms with van der Waals surface area (Å²) in [6.07, 6.45) is 0. The first kappa shape index (κ1) is 15.1. The first-order valence-corrected chi connectivity index (χ1v) is 8.87. The monoisotopic (exact) mass is 266 g/mol. The van der Waals surface area contributed by atoms with Crippen LogP contribution in [-0.4, -0.2) is 31.6 Å². The predicted molar refractivity (Wildman–Crippen MR) is 76.0 cm³/mol. The lowest BCUT2D eigenvalue weighted by molar-refractivity contribution is 0.247.